The van der Waals surface area contributed by atoms with Gasteiger partial charge in [-0.2, -0.15) is 5.06 Å². The highest BCUT2D eigenvalue weighted by Crippen LogP contribution is 2.33. The first-order valence-electron chi connectivity index (χ1n) is 13.7. The van der Waals surface area contributed by atoms with Gasteiger partial charge in [-0.25, -0.2) is 9.18 Å². The number of benzene rings is 2. The summed E-state index contributed by atoms with van der Waals surface area (Å²) in [6.45, 7) is 7.43. The topological polar surface area (TPSA) is 117 Å². The van der Waals surface area contributed by atoms with Gasteiger partial charge in [-0.3, -0.25) is 19.2 Å². The van der Waals surface area contributed by atoms with Crippen LogP contribution in [0.4, 0.5) is 14.9 Å². The van der Waals surface area contributed by atoms with E-state index in [1.54, 1.807) is 49.9 Å². The lowest BCUT2D eigenvalue weighted by molar-refractivity contribution is -0.145. The predicted octanol–water partition coefficient (Wildman–Crippen LogP) is 3.73. The van der Waals surface area contributed by atoms with Crippen LogP contribution < -0.4 is 15.7 Å². The number of alkyl carbamates (subject to hydrolysis) is 1. The Hall–Kier alpha value is -3.99. The van der Waals surface area contributed by atoms with Gasteiger partial charge in [0.2, 0.25) is 18.2 Å². The molecule has 0 atom stereocenters. The van der Waals surface area contributed by atoms with Crippen LogP contribution in [0, 0.1) is 11.2 Å². The average molecular weight is 571 g/mol. The molecule has 41 heavy (non-hydrogen) atoms. The second-order valence-electron chi connectivity index (χ2n) is 11.1. The highest BCUT2D eigenvalue weighted by molar-refractivity contribution is 5.85. The zero-order chi connectivity index (χ0) is 30.0. The van der Waals surface area contributed by atoms with Crippen LogP contribution >= 0.6 is 0 Å². The number of hydroxylamine groups is 1. The number of carbonyl (C=O) groups is 4. The van der Waals surface area contributed by atoms with Gasteiger partial charge in [0.1, 0.15) is 18.0 Å². The summed E-state index contributed by atoms with van der Waals surface area (Å²) in [5.74, 6) is -1.04. The molecule has 0 unspecified atom stereocenters. The lowest BCUT2D eigenvalue weighted by Gasteiger charge is -2.40. The van der Waals surface area contributed by atoms with Gasteiger partial charge in [-0.15, -0.1) is 0 Å². The van der Waals surface area contributed by atoms with Crippen molar-refractivity contribution in [1.82, 2.24) is 15.5 Å². The second-order valence-corrected chi connectivity index (χ2v) is 11.1. The number of carbonyl (C=O) groups excluding carboxylic acids is 4. The Labute approximate surface area is 240 Å². The minimum absolute atomic E-state index is 0.108. The fourth-order valence-corrected chi connectivity index (χ4v) is 4.45. The quantitative estimate of drug-likeness (QED) is 0.314. The number of anilines is 1. The fourth-order valence-electron chi connectivity index (χ4n) is 4.45. The van der Waals surface area contributed by atoms with E-state index in [4.69, 9.17) is 9.57 Å². The van der Waals surface area contributed by atoms with Gasteiger partial charge < -0.3 is 20.3 Å². The van der Waals surface area contributed by atoms with Crippen molar-refractivity contribution in [2.24, 2.45) is 5.41 Å². The molecule has 1 saturated heterocycles. The first-order valence-corrected chi connectivity index (χ1v) is 13.7. The molecule has 4 amide bonds. The number of nitrogens with one attached hydrogen (secondary N) is 2. The molecule has 0 aliphatic carbocycles. The van der Waals surface area contributed by atoms with Crippen LogP contribution in [0.1, 0.15) is 51.7 Å². The minimum atomic E-state index is -1.06. The normalized spacial score (nSPS) is 14.6. The summed E-state index contributed by atoms with van der Waals surface area (Å²) in [5.41, 5.74) is 0.470. The maximum absolute atomic E-state index is 13.6. The van der Waals surface area contributed by atoms with Gasteiger partial charge in [-0.05, 0) is 75.4 Å². The van der Waals surface area contributed by atoms with E-state index < -0.39 is 22.9 Å². The first-order chi connectivity index (χ1) is 19.4. The molecule has 2 aromatic carbocycles. The molecule has 2 N–H and O–H groups in total. The molecule has 11 heteroatoms. The molecule has 1 aliphatic heterocycles. The van der Waals surface area contributed by atoms with E-state index >= 15 is 0 Å². The molecule has 2 aromatic rings. The number of rotatable bonds is 11. The number of amides is 4. The van der Waals surface area contributed by atoms with Crippen LogP contribution in [-0.2, 0) is 36.9 Å². The molecule has 0 spiro atoms. The van der Waals surface area contributed by atoms with E-state index in [2.05, 4.69) is 10.6 Å². The van der Waals surface area contributed by atoms with Crippen LogP contribution in [-0.4, -0.2) is 61.1 Å². The third-order valence-corrected chi connectivity index (χ3v) is 6.85. The summed E-state index contributed by atoms with van der Waals surface area (Å²) in [6.07, 6.45) is 1.20. The Bertz CT molecular complexity index is 1210. The second kappa shape index (κ2) is 14.1. The Morgan fingerprint density at radius 1 is 1.05 bits per heavy atom. The average Bonchev–Trinajstić information content (AvgIpc) is 2.94. The van der Waals surface area contributed by atoms with Gasteiger partial charge in [0.25, 0.3) is 0 Å². The van der Waals surface area contributed by atoms with Gasteiger partial charge in [-0.1, -0.05) is 31.2 Å². The standard InChI is InChI=1S/C30H39FN4O6/c1-5-22-9-11-25(12-10-22)35(21-36)40-20-30(27(38)32-18-23-7-6-8-24(31)17-23)13-15-34(16-14-30)26(37)19-33-28(39)41-29(2,3)4/h6-12,17,21H,5,13-16,18-20H2,1-4H3,(H,32,38)(H,33,39). The summed E-state index contributed by atoms with van der Waals surface area (Å²) < 4.78 is 18.8. The number of nitrogens with zero attached hydrogens (tertiary/aromatic N) is 2. The predicted molar refractivity (Wildman–Crippen MR) is 151 cm³/mol. The number of piperidine rings is 1. The van der Waals surface area contributed by atoms with Crippen LogP contribution in [0.2, 0.25) is 0 Å². The zero-order valence-corrected chi connectivity index (χ0v) is 24.1. The lowest BCUT2D eigenvalue weighted by atomic mass is 9.78. The molecule has 1 fully saturated rings. The van der Waals surface area contributed by atoms with Crippen LogP contribution in [0.15, 0.2) is 48.5 Å². The van der Waals surface area contributed by atoms with Crippen molar-refractivity contribution in [2.75, 3.05) is 31.3 Å². The molecule has 3 rings (SSSR count). The number of likely N-dealkylation sites (tertiary alicyclic amines) is 1. The van der Waals surface area contributed by atoms with Crippen LogP contribution in [0.5, 0.6) is 0 Å². The van der Waals surface area contributed by atoms with Crippen molar-refractivity contribution in [2.45, 2.75) is 59.1 Å². The molecular weight excluding hydrogens is 531 g/mol. The van der Waals surface area contributed by atoms with Gasteiger partial charge in [0, 0.05) is 19.6 Å². The van der Waals surface area contributed by atoms with Crippen molar-refractivity contribution >= 4 is 30.0 Å². The SMILES string of the molecule is CCc1ccc(N(C=O)OCC2(C(=O)NCc3cccc(F)c3)CCN(C(=O)CNC(=O)OC(C)(C)C)CC2)cc1. The number of hydrogen-bond acceptors (Lipinski definition) is 6. The number of ether oxygens (including phenoxy) is 1. The summed E-state index contributed by atoms with van der Waals surface area (Å²) in [5, 5.41) is 6.42. The third kappa shape index (κ3) is 9.28. The molecule has 222 valence electrons. The van der Waals surface area contributed by atoms with Gasteiger partial charge in [0.15, 0.2) is 0 Å². The van der Waals surface area contributed by atoms with Crippen molar-refractivity contribution in [1.29, 1.82) is 0 Å². The van der Waals surface area contributed by atoms with Crippen molar-refractivity contribution < 1.29 is 33.1 Å². The first kappa shape index (κ1) is 31.5. The molecule has 1 heterocycles. The maximum Gasteiger partial charge on any atom is 0.408 e. The Kier molecular flexibility index (Phi) is 10.8. The maximum atomic E-state index is 13.6. The van der Waals surface area contributed by atoms with E-state index in [0.717, 1.165) is 17.0 Å². The Balaban J connectivity index is 1.68. The lowest BCUT2D eigenvalue weighted by Crippen LogP contribution is -2.54. The van der Waals surface area contributed by atoms with Crippen LogP contribution in [0.25, 0.3) is 0 Å². The summed E-state index contributed by atoms with van der Waals surface area (Å²) in [7, 11) is 0. The van der Waals surface area contributed by atoms with E-state index in [-0.39, 0.29) is 57.4 Å². The molecule has 0 aromatic heterocycles. The number of halogens is 1. The monoisotopic (exact) mass is 570 g/mol. The summed E-state index contributed by atoms with van der Waals surface area (Å²) in [6, 6.07) is 13.3. The molecule has 0 saturated carbocycles. The highest BCUT2D eigenvalue weighted by atomic mass is 19.1. The summed E-state index contributed by atoms with van der Waals surface area (Å²) in [4.78, 5) is 57.6. The van der Waals surface area contributed by atoms with E-state index in [1.807, 2.05) is 19.1 Å². The van der Waals surface area contributed by atoms with E-state index in [0.29, 0.717) is 17.7 Å². The molecule has 0 bridgehead atoms. The Morgan fingerprint density at radius 3 is 2.32 bits per heavy atom. The summed E-state index contributed by atoms with van der Waals surface area (Å²) >= 11 is 0. The molecular formula is C30H39FN4O6. The van der Waals surface area contributed by atoms with Crippen molar-refractivity contribution in [3.63, 3.8) is 0 Å². The minimum Gasteiger partial charge on any atom is -0.444 e. The van der Waals surface area contributed by atoms with Gasteiger partial charge >= 0.3 is 6.09 Å². The van der Waals surface area contributed by atoms with Crippen molar-refractivity contribution in [3.05, 3.63) is 65.5 Å². The molecule has 0 radical (unpaired) electrons. The number of aryl methyl sites for hydroxylation is 1. The Morgan fingerprint density at radius 2 is 1.73 bits per heavy atom. The van der Waals surface area contributed by atoms with Crippen molar-refractivity contribution in [3.8, 4) is 0 Å². The highest BCUT2D eigenvalue weighted by Gasteiger charge is 2.43. The fraction of sp³-hybridized carbons (Fsp3) is 0.467. The molecule has 10 nitrogen and oxygen atoms in total. The largest absolute Gasteiger partial charge is 0.444 e. The molecule has 1 aliphatic rings. The zero-order valence-electron chi connectivity index (χ0n) is 24.1. The smallest absolute Gasteiger partial charge is 0.408 e. The van der Waals surface area contributed by atoms with Gasteiger partial charge in [0.05, 0.1) is 17.7 Å². The third-order valence-electron chi connectivity index (χ3n) is 6.85. The van der Waals surface area contributed by atoms with E-state index in [1.165, 1.54) is 12.1 Å². The van der Waals surface area contributed by atoms with Crippen LogP contribution in [0.3, 0.4) is 0 Å². The number of hydrogen-bond donors (Lipinski definition) is 2. The van der Waals surface area contributed by atoms with E-state index in [9.17, 15) is 23.6 Å².